The Labute approximate surface area is 257 Å². The number of hydrogen-bond acceptors (Lipinski definition) is 6. The lowest BCUT2D eigenvalue weighted by Crippen LogP contribution is -2.01. The van der Waals surface area contributed by atoms with Gasteiger partial charge in [-0.2, -0.15) is 10.2 Å². The Morgan fingerprint density at radius 1 is 0.721 bits per heavy atom. The van der Waals surface area contributed by atoms with Crippen molar-refractivity contribution in [1.29, 1.82) is 0 Å². The number of hydrogen-bond donors (Lipinski definition) is 0. The highest BCUT2D eigenvalue weighted by Crippen LogP contribution is 2.24. The minimum Gasteiger partial charge on any atom is -0.494 e. The topological polar surface area (TPSA) is 69.5 Å². The first-order chi connectivity index (χ1) is 21.1. The average molecular weight is 581 g/mol. The summed E-state index contributed by atoms with van der Waals surface area (Å²) in [6.45, 7) is 9.25. The molecule has 0 aliphatic carbocycles. The zero-order valence-electron chi connectivity index (χ0n) is 25.6. The standard InChI is InChI=1S/C37H44N2O4/c1-4-37(40)43-28-14-12-10-8-6-7-9-11-13-27-42-35-24-20-33(21-25-35)38-39-36-26-19-32(29-30(36)3)16-15-31-17-22-34(23-18-31)41-5-2/h4,17-26,29H,1,5-14,27-28H2,2-3H3. The van der Waals surface area contributed by atoms with Crippen LogP contribution in [0.4, 0.5) is 11.4 Å². The number of esters is 1. The lowest BCUT2D eigenvalue weighted by molar-refractivity contribution is -0.137. The lowest BCUT2D eigenvalue weighted by Gasteiger charge is -2.06. The fraction of sp³-hybridized carbons (Fsp3) is 0.378. The largest absolute Gasteiger partial charge is 0.494 e. The average Bonchev–Trinajstić information content (AvgIpc) is 3.03. The molecule has 0 fully saturated rings. The SMILES string of the molecule is C=CC(=O)OCCCCCCCCCCCOc1ccc(N=Nc2ccc(C#Cc3ccc(OCC)cc3)cc2C)cc1. The number of ether oxygens (including phenoxy) is 3. The van der Waals surface area contributed by atoms with Crippen LogP contribution in [0, 0.1) is 18.8 Å². The van der Waals surface area contributed by atoms with Crippen LogP contribution in [0.15, 0.2) is 89.6 Å². The fourth-order valence-electron chi connectivity index (χ4n) is 4.37. The molecule has 0 saturated heterocycles. The Kier molecular flexibility index (Phi) is 15.2. The van der Waals surface area contributed by atoms with Gasteiger partial charge in [-0.1, -0.05) is 63.4 Å². The van der Waals surface area contributed by atoms with E-state index in [9.17, 15) is 4.79 Å². The van der Waals surface area contributed by atoms with Gasteiger partial charge in [0.2, 0.25) is 0 Å². The van der Waals surface area contributed by atoms with Crippen molar-refractivity contribution >= 4 is 17.3 Å². The second-order valence-corrected chi connectivity index (χ2v) is 10.3. The van der Waals surface area contributed by atoms with Gasteiger partial charge in [0.1, 0.15) is 11.5 Å². The van der Waals surface area contributed by atoms with E-state index in [-0.39, 0.29) is 5.97 Å². The number of nitrogens with zero attached hydrogens (tertiary/aromatic N) is 2. The number of carbonyl (C=O) groups excluding carboxylic acids is 1. The monoisotopic (exact) mass is 580 g/mol. The summed E-state index contributed by atoms with van der Waals surface area (Å²) in [5.74, 6) is 7.79. The predicted molar refractivity (Wildman–Crippen MR) is 174 cm³/mol. The molecule has 0 heterocycles. The summed E-state index contributed by atoms with van der Waals surface area (Å²) in [5, 5.41) is 8.84. The molecule has 0 aromatic heterocycles. The van der Waals surface area contributed by atoms with Gasteiger partial charge in [0, 0.05) is 17.2 Å². The summed E-state index contributed by atoms with van der Waals surface area (Å²) in [6.07, 6.45) is 11.6. The van der Waals surface area contributed by atoms with Crippen LogP contribution in [0.5, 0.6) is 11.5 Å². The number of rotatable bonds is 18. The summed E-state index contributed by atoms with van der Waals surface area (Å²) in [4.78, 5) is 11.0. The Morgan fingerprint density at radius 3 is 1.91 bits per heavy atom. The molecule has 226 valence electrons. The first kappa shape index (κ1) is 33.1. The maximum absolute atomic E-state index is 11.0. The molecule has 3 aromatic carbocycles. The molecule has 0 aliphatic heterocycles. The molecule has 6 nitrogen and oxygen atoms in total. The first-order valence-corrected chi connectivity index (χ1v) is 15.4. The van der Waals surface area contributed by atoms with Crippen molar-refractivity contribution in [3.8, 4) is 23.3 Å². The molecule has 0 unspecified atom stereocenters. The maximum atomic E-state index is 11.0. The highest BCUT2D eigenvalue weighted by Gasteiger charge is 2.01. The van der Waals surface area contributed by atoms with E-state index in [0.717, 1.165) is 65.4 Å². The van der Waals surface area contributed by atoms with E-state index in [1.807, 2.05) is 80.6 Å². The predicted octanol–water partition coefficient (Wildman–Crippen LogP) is 9.83. The molecule has 0 atom stereocenters. The minimum atomic E-state index is -0.333. The third-order valence-corrected chi connectivity index (χ3v) is 6.79. The summed E-state index contributed by atoms with van der Waals surface area (Å²) in [6, 6.07) is 21.5. The molecule has 0 radical (unpaired) electrons. The lowest BCUT2D eigenvalue weighted by atomic mass is 10.1. The van der Waals surface area contributed by atoms with Crippen molar-refractivity contribution in [3.63, 3.8) is 0 Å². The molecule has 0 aliphatic rings. The Hall–Kier alpha value is -4.37. The molecule has 0 saturated carbocycles. The van der Waals surface area contributed by atoms with Crippen LogP contribution in [-0.4, -0.2) is 25.8 Å². The van der Waals surface area contributed by atoms with Crippen LogP contribution in [0.3, 0.4) is 0 Å². The first-order valence-electron chi connectivity index (χ1n) is 15.4. The van der Waals surface area contributed by atoms with Crippen LogP contribution in [0.2, 0.25) is 0 Å². The second kappa shape index (κ2) is 19.7. The number of benzene rings is 3. The van der Waals surface area contributed by atoms with Gasteiger partial charge in [-0.25, -0.2) is 4.79 Å². The molecule has 3 rings (SSSR count). The molecular weight excluding hydrogens is 536 g/mol. The molecule has 0 N–H and O–H groups in total. The third kappa shape index (κ3) is 13.4. The van der Waals surface area contributed by atoms with E-state index >= 15 is 0 Å². The number of aryl methyl sites for hydroxylation is 1. The zero-order chi connectivity index (χ0) is 30.5. The highest BCUT2D eigenvalue weighted by atomic mass is 16.5. The highest BCUT2D eigenvalue weighted by molar-refractivity contribution is 5.81. The van der Waals surface area contributed by atoms with Gasteiger partial charge in [-0.05, 0) is 99.0 Å². The number of unbranched alkanes of at least 4 members (excludes halogenated alkanes) is 8. The van der Waals surface area contributed by atoms with Crippen molar-refractivity contribution in [2.24, 2.45) is 10.2 Å². The molecule has 0 amide bonds. The molecule has 0 bridgehead atoms. The second-order valence-electron chi connectivity index (χ2n) is 10.3. The molecule has 6 heteroatoms. The van der Waals surface area contributed by atoms with Gasteiger partial charge in [-0.3, -0.25) is 0 Å². The van der Waals surface area contributed by atoms with Crippen LogP contribution in [0.25, 0.3) is 0 Å². The van der Waals surface area contributed by atoms with E-state index in [0.29, 0.717) is 13.2 Å². The Morgan fingerprint density at radius 2 is 1.28 bits per heavy atom. The molecule has 43 heavy (non-hydrogen) atoms. The Balaban J connectivity index is 1.30. The van der Waals surface area contributed by atoms with Gasteiger partial charge in [0.25, 0.3) is 0 Å². The Bertz CT molecular complexity index is 1350. The van der Waals surface area contributed by atoms with Crippen LogP contribution >= 0.6 is 0 Å². The van der Waals surface area contributed by atoms with E-state index in [1.54, 1.807) is 0 Å². The van der Waals surface area contributed by atoms with Crippen molar-refractivity contribution in [2.45, 2.75) is 71.6 Å². The molecule has 0 spiro atoms. The van der Waals surface area contributed by atoms with Crippen molar-refractivity contribution in [1.82, 2.24) is 0 Å². The van der Waals surface area contributed by atoms with Crippen molar-refractivity contribution in [3.05, 3.63) is 96.1 Å². The van der Waals surface area contributed by atoms with Crippen LogP contribution < -0.4 is 9.47 Å². The van der Waals surface area contributed by atoms with Crippen LogP contribution in [-0.2, 0) is 9.53 Å². The van der Waals surface area contributed by atoms with E-state index in [1.165, 1.54) is 44.6 Å². The normalized spacial score (nSPS) is 10.7. The summed E-state index contributed by atoms with van der Waals surface area (Å²) in [5.41, 5.74) is 4.50. The van der Waals surface area contributed by atoms with Crippen molar-refractivity contribution < 1.29 is 19.0 Å². The zero-order valence-corrected chi connectivity index (χ0v) is 25.6. The minimum absolute atomic E-state index is 0.333. The summed E-state index contributed by atoms with van der Waals surface area (Å²) < 4.78 is 16.4. The number of azo groups is 1. The van der Waals surface area contributed by atoms with Crippen LogP contribution in [0.1, 0.15) is 81.4 Å². The fourth-order valence-corrected chi connectivity index (χ4v) is 4.37. The van der Waals surface area contributed by atoms with Gasteiger partial charge in [0.05, 0.1) is 31.2 Å². The quantitative estimate of drug-likeness (QED) is 0.0494. The van der Waals surface area contributed by atoms with E-state index in [4.69, 9.17) is 14.2 Å². The smallest absolute Gasteiger partial charge is 0.330 e. The summed E-state index contributed by atoms with van der Waals surface area (Å²) in [7, 11) is 0. The van der Waals surface area contributed by atoms with Gasteiger partial charge >= 0.3 is 5.97 Å². The summed E-state index contributed by atoms with van der Waals surface area (Å²) >= 11 is 0. The van der Waals surface area contributed by atoms with Gasteiger partial charge in [0.15, 0.2) is 0 Å². The van der Waals surface area contributed by atoms with E-state index < -0.39 is 0 Å². The maximum Gasteiger partial charge on any atom is 0.330 e. The molecule has 3 aromatic rings. The van der Waals surface area contributed by atoms with Gasteiger partial charge in [-0.15, -0.1) is 0 Å². The number of carbonyl (C=O) groups is 1. The van der Waals surface area contributed by atoms with E-state index in [2.05, 4.69) is 28.6 Å². The third-order valence-electron chi connectivity index (χ3n) is 6.79. The molecular formula is C37H44N2O4. The van der Waals surface area contributed by atoms with Crippen molar-refractivity contribution in [2.75, 3.05) is 19.8 Å². The van der Waals surface area contributed by atoms with Gasteiger partial charge < -0.3 is 14.2 Å².